The van der Waals surface area contributed by atoms with E-state index in [1.165, 1.54) is 35.2 Å². The molecule has 0 spiro atoms. The fourth-order valence-electron chi connectivity index (χ4n) is 2.74. The maximum Gasteiger partial charge on any atom is 0.240 e. The van der Waals surface area contributed by atoms with Gasteiger partial charge in [0.2, 0.25) is 16.9 Å². The lowest BCUT2D eigenvalue weighted by Crippen LogP contribution is -2.51. The van der Waals surface area contributed by atoms with Crippen LogP contribution in [0.3, 0.4) is 0 Å². The molecule has 1 aliphatic rings. The minimum absolute atomic E-state index is 0.131. The Morgan fingerprint density at radius 2 is 2.23 bits per heavy atom. The van der Waals surface area contributed by atoms with Gasteiger partial charge in [-0.05, 0) is 37.5 Å². The first-order valence-corrected chi connectivity index (χ1v) is 9.91. The van der Waals surface area contributed by atoms with Crippen LogP contribution in [0.1, 0.15) is 19.3 Å². The van der Waals surface area contributed by atoms with Gasteiger partial charge in [0.15, 0.2) is 4.34 Å². The van der Waals surface area contributed by atoms with Gasteiger partial charge >= 0.3 is 0 Å². The lowest BCUT2D eigenvalue weighted by molar-refractivity contribution is -0.138. The highest BCUT2D eigenvalue weighted by molar-refractivity contribution is 8.01. The Morgan fingerprint density at radius 1 is 1.38 bits per heavy atom. The van der Waals surface area contributed by atoms with Crippen molar-refractivity contribution in [1.82, 2.24) is 15.1 Å². The van der Waals surface area contributed by atoms with Crippen LogP contribution in [0, 0.1) is 5.82 Å². The summed E-state index contributed by atoms with van der Waals surface area (Å²) in [6.07, 6.45) is 2.39. The van der Waals surface area contributed by atoms with Crippen LogP contribution < -0.4 is 11.1 Å². The van der Waals surface area contributed by atoms with Gasteiger partial charge in [0, 0.05) is 12.2 Å². The maximum absolute atomic E-state index is 13.2. The van der Waals surface area contributed by atoms with E-state index in [4.69, 9.17) is 5.73 Å². The third kappa shape index (κ3) is 4.70. The quantitative estimate of drug-likeness (QED) is 0.728. The Kier molecular flexibility index (Phi) is 6.04. The largest absolute Gasteiger partial charge is 0.368 e. The number of primary amides is 1. The van der Waals surface area contributed by atoms with Crippen molar-refractivity contribution >= 4 is 45.7 Å². The Balaban J connectivity index is 1.55. The second-order valence-corrected chi connectivity index (χ2v) is 8.00. The molecule has 2 heterocycles. The average molecular weight is 395 g/mol. The molecule has 0 aliphatic carbocycles. The number of piperidine rings is 1. The molecule has 0 radical (unpaired) electrons. The summed E-state index contributed by atoms with van der Waals surface area (Å²) < 4.78 is 13.8. The smallest absolute Gasteiger partial charge is 0.240 e. The molecule has 1 fully saturated rings. The van der Waals surface area contributed by atoms with E-state index in [2.05, 4.69) is 15.5 Å². The molecule has 1 aliphatic heterocycles. The van der Waals surface area contributed by atoms with E-state index in [0.717, 1.165) is 12.8 Å². The van der Waals surface area contributed by atoms with Gasteiger partial charge in [-0.2, -0.15) is 0 Å². The number of nitrogens with one attached hydrogen (secondary N) is 1. The van der Waals surface area contributed by atoms with Crippen molar-refractivity contribution in [3.8, 4) is 0 Å². The number of thioether (sulfide) groups is 1. The minimum Gasteiger partial charge on any atom is -0.368 e. The molecule has 1 aromatic carbocycles. The summed E-state index contributed by atoms with van der Waals surface area (Å²) in [5.74, 6) is -0.766. The number of hydrogen-bond donors (Lipinski definition) is 2. The summed E-state index contributed by atoms with van der Waals surface area (Å²) in [5.41, 5.74) is 5.97. The molecule has 7 nitrogen and oxygen atoms in total. The van der Waals surface area contributed by atoms with Gasteiger partial charge in [-0.25, -0.2) is 4.39 Å². The number of halogens is 1. The van der Waals surface area contributed by atoms with E-state index >= 15 is 0 Å². The topological polar surface area (TPSA) is 101 Å². The van der Waals surface area contributed by atoms with Gasteiger partial charge in [-0.3, -0.25) is 9.59 Å². The number of benzene rings is 1. The third-order valence-electron chi connectivity index (χ3n) is 3.95. The van der Waals surface area contributed by atoms with Crippen LogP contribution in [0.4, 0.5) is 15.2 Å². The number of carbonyl (C=O) groups excluding carboxylic acids is 2. The van der Waals surface area contributed by atoms with Crippen molar-refractivity contribution in [3.05, 3.63) is 30.1 Å². The Hall–Kier alpha value is -2.20. The van der Waals surface area contributed by atoms with E-state index in [-0.39, 0.29) is 17.5 Å². The number of aromatic nitrogens is 2. The number of nitrogens with two attached hydrogens (primary N) is 1. The standard InChI is InChI=1S/C16H18FN5O2S2/c17-10-4-3-5-11(8-10)19-15-20-21-16(26-15)25-9-13(23)22-7-2-1-6-12(22)14(18)24/h3-5,8,12H,1-2,6-7,9H2,(H2,18,24)(H,19,20)/t12-/m0/s1. The molecule has 26 heavy (non-hydrogen) atoms. The monoisotopic (exact) mass is 395 g/mol. The van der Waals surface area contributed by atoms with Crippen molar-refractivity contribution in [2.75, 3.05) is 17.6 Å². The Morgan fingerprint density at radius 3 is 3.00 bits per heavy atom. The first-order chi connectivity index (χ1) is 12.5. The van der Waals surface area contributed by atoms with Crippen LogP contribution >= 0.6 is 23.1 Å². The zero-order valence-electron chi connectivity index (χ0n) is 13.9. The number of nitrogens with zero attached hydrogens (tertiary/aromatic N) is 3. The van der Waals surface area contributed by atoms with Crippen LogP contribution in [0.5, 0.6) is 0 Å². The molecule has 2 amide bonds. The van der Waals surface area contributed by atoms with Gasteiger partial charge in [-0.15, -0.1) is 10.2 Å². The van der Waals surface area contributed by atoms with E-state index in [1.54, 1.807) is 17.0 Å². The second kappa shape index (κ2) is 8.45. The summed E-state index contributed by atoms with van der Waals surface area (Å²) in [5, 5.41) is 11.5. The molecule has 0 saturated carbocycles. The predicted octanol–water partition coefficient (Wildman–Crippen LogP) is 2.38. The fraction of sp³-hybridized carbons (Fsp3) is 0.375. The van der Waals surface area contributed by atoms with Crippen molar-refractivity contribution < 1.29 is 14.0 Å². The van der Waals surface area contributed by atoms with Crippen LogP contribution in [0.25, 0.3) is 0 Å². The van der Waals surface area contributed by atoms with E-state index in [0.29, 0.717) is 28.1 Å². The number of hydrogen-bond acceptors (Lipinski definition) is 7. The molecular formula is C16H18FN5O2S2. The van der Waals surface area contributed by atoms with Crippen molar-refractivity contribution in [2.45, 2.75) is 29.6 Å². The molecule has 1 atom stereocenters. The van der Waals surface area contributed by atoms with Gasteiger partial charge in [0.25, 0.3) is 0 Å². The Labute approximate surface area is 158 Å². The second-order valence-electron chi connectivity index (χ2n) is 5.80. The SMILES string of the molecule is NC(=O)[C@@H]1CCCCN1C(=O)CSc1nnc(Nc2cccc(F)c2)s1. The number of anilines is 2. The van der Waals surface area contributed by atoms with Gasteiger partial charge in [0.05, 0.1) is 5.75 Å². The average Bonchev–Trinajstić information content (AvgIpc) is 3.07. The third-order valence-corrected chi connectivity index (χ3v) is 5.91. The number of carbonyl (C=O) groups is 2. The Bertz CT molecular complexity index is 800. The van der Waals surface area contributed by atoms with Crippen LogP contribution in [-0.4, -0.2) is 45.3 Å². The van der Waals surface area contributed by atoms with Gasteiger partial charge in [0.1, 0.15) is 11.9 Å². The number of amides is 2. The lowest BCUT2D eigenvalue weighted by atomic mass is 10.0. The van der Waals surface area contributed by atoms with Crippen LogP contribution in [-0.2, 0) is 9.59 Å². The predicted molar refractivity (Wildman–Crippen MR) is 98.9 cm³/mol. The summed E-state index contributed by atoms with van der Waals surface area (Å²) in [4.78, 5) is 25.5. The molecule has 3 N–H and O–H groups in total. The first-order valence-electron chi connectivity index (χ1n) is 8.10. The van der Waals surface area contributed by atoms with E-state index in [1.807, 2.05) is 0 Å². The van der Waals surface area contributed by atoms with Crippen molar-refractivity contribution in [2.24, 2.45) is 5.73 Å². The molecule has 2 aromatic rings. The van der Waals surface area contributed by atoms with E-state index < -0.39 is 11.9 Å². The molecule has 0 bridgehead atoms. The molecule has 10 heteroatoms. The lowest BCUT2D eigenvalue weighted by Gasteiger charge is -2.33. The molecule has 1 saturated heterocycles. The highest BCUT2D eigenvalue weighted by atomic mass is 32.2. The van der Waals surface area contributed by atoms with Gasteiger partial charge in [-0.1, -0.05) is 29.2 Å². The molecule has 138 valence electrons. The summed E-state index contributed by atoms with van der Waals surface area (Å²) in [6, 6.07) is 5.52. The summed E-state index contributed by atoms with van der Waals surface area (Å²) in [6.45, 7) is 0.551. The zero-order chi connectivity index (χ0) is 18.5. The van der Waals surface area contributed by atoms with E-state index in [9.17, 15) is 14.0 Å². The van der Waals surface area contributed by atoms with Gasteiger partial charge < -0.3 is 16.0 Å². The molecule has 0 unspecified atom stereocenters. The molecule has 1 aromatic heterocycles. The van der Waals surface area contributed by atoms with Crippen molar-refractivity contribution in [3.63, 3.8) is 0 Å². The fourth-order valence-corrected chi connectivity index (χ4v) is 4.40. The normalized spacial score (nSPS) is 17.1. The maximum atomic E-state index is 13.2. The highest BCUT2D eigenvalue weighted by Crippen LogP contribution is 2.28. The molecule has 3 rings (SSSR count). The summed E-state index contributed by atoms with van der Waals surface area (Å²) in [7, 11) is 0. The van der Waals surface area contributed by atoms with Crippen molar-refractivity contribution in [1.29, 1.82) is 0 Å². The zero-order valence-corrected chi connectivity index (χ0v) is 15.5. The summed E-state index contributed by atoms with van der Waals surface area (Å²) >= 11 is 2.53. The van der Waals surface area contributed by atoms with Crippen LogP contribution in [0.15, 0.2) is 28.6 Å². The molecular weight excluding hydrogens is 377 g/mol. The number of likely N-dealkylation sites (tertiary alicyclic amines) is 1. The number of rotatable bonds is 6. The van der Waals surface area contributed by atoms with Crippen LogP contribution in [0.2, 0.25) is 0 Å². The minimum atomic E-state index is -0.517. The highest BCUT2D eigenvalue weighted by Gasteiger charge is 2.30. The first kappa shape index (κ1) is 18.6.